The predicted molar refractivity (Wildman–Crippen MR) is 83.1 cm³/mol. The smallest absolute Gasteiger partial charge is 0.336 e. The largest absolute Gasteiger partial charge is 0.478 e. The lowest BCUT2D eigenvalue weighted by molar-refractivity contribution is 0.0695. The Labute approximate surface area is 133 Å². The number of rotatable bonds is 3. The summed E-state index contributed by atoms with van der Waals surface area (Å²) in [7, 11) is -3.64. The van der Waals surface area contributed by atoms with Crippen LogP contribution < -0.4 is 0 Å². The summed E-state index contributed by atoms with van der Waals surface area (Å²) in [5.74, 6) is -1.12. The molecule has 0 radical (unpaired) electrons. The number of hydrogen-bond donors (Lipinski definition) is 1. The molecular formula is C14H18BrNO4S. The highest BCUT2D eigenvalue weighted by molar-refractivity contribution is 9.10. The molecule has 1 aliphatic heterocycles. The molecule has 2 rings (SSSR count). The van der Waals surface area contributed by atoms with E-state index in [1.165, 1.54) is 16.4 Å². The van der Waals surface area contributed by atoms with Crippen molar-refractivity contribution in [2.75, 3.05) is 13.1 Å². The minimum atomic E-state index is -3.64. The van der Waals surface area contributed by atoms with Gasteiger partial charge in [0.05, 0.1) is 10.5 Å². The molecule has 0 spiro atoms. The second-order valence-electron chi connectivity index (χ2n) is 5.20. The van der Waals surface area contributed by atoms with Crippen LogP contribution in [0.25, 0.3) is 0 Å². The number of carbonyl (C=O) groups is 1. The van der Waals surface area contributed by atoms with E-state index in [4.69, 9.17) is 0 Å². The zero-order valence-electron chi connectivity index (χ0n) is 11.8. The molecule has 0 bridgehead atoms. The molecule has 1 aromatic carbocycles. The number of sulfonamides is 1. The Kier molecular flexibility index (Phi) is 5.06. The molecule has 21 heavy (non-hydrogen) atoms. The predicted octanol–water partition coefficient (Wildman–Crippen LogP) is 3.02. The van der Waals surface area contributed by atoms with Gasteiger partial charge in [-0.2, -0.15) is 4.31 Å². The van der Waals surface area contributed by atoms with E-state index in [2.05, 4.69) is 15.9 Å². The molecule has 0 unspecified atom stereocenters. The van der Waals surface area contributed by atoms with Crippen LogP contribution >= 0.6 is 15.9 Å². The summed E-state index contributed by atoms with van der Waals surface area (Å²) >= 11 is 3.25. The Bertz CT molecular complexity index is 649. The molecule has 0 atom stereocenters. The van der Waals surface area contributed by atoms with Gasteiger partial charge in [0.2, 0.25) is 10.0 Å². The number of carboxylic acids is 1. The maximum absolute atomic E-state index is 12.7. The van der Waals surface area contributed by atoms with E-state index < -0.39 is 16.0 Å². The fraction of sp³-hybridized carbons (Fsp3) is 0.500. The average molecular weight is 376 g/mol. The van der Waals surface area contributed by atoms with E-state index in [-0.39, 0.29) is 10.5 Å². The third-order valence-electron chi connectivity index (χ3n) is 3.75. The molecule has 1 saturated heterocycles. The first-order valence-corrected chi connectivity index (χ1v) is 9.11. The molecular weight excluding hydrogens is 358 g/mol. The van der Waals surface area contributed by atoms with Crippen molar-refractivity contribution in [2.45, 2.75) is 37.5 Å². The van der Waals surface area contributed by atoms with Gasteiger partial charge < -0.3 is 5.11 Å². The van der Waals surface area contributed by atoms with E-state index in [1.807, 2.05) is 0 Å². The monoisotopic (exact) mass is 375 g/mol. The summed E-state index contributed by atoms with van der Waals surface area (Å²) in [6.07, 6.45) is 3.75. The first-order chi connectivity index (χ1) is 9.84. The van der Waals surface area contributed by atoms with E-state index >= 15 is 0 Å². The van der Waals surface area contributed by atoms with Crippen molar-refractivity contribution in [3.63, 3.8) is 0 Å². The molecule has 1 fully saturated rings. The van der Waals surface area contributed by atoms with E-state index in [9.17, 15) is 18.3 Å². The lowest BCUT2D eigenvalue weighted by atomic mass is 10.1. The van der Waals surface area contributed by atoms with Crippen LogP contribution in [0.4, 0.5) is 0 Å². The van der Waals surface area contributed by atoms with Crippen LogP contribution in [0.2, 0.25) is 0 Å². The van der Waals surface area contributed by atoms with Crippen LogP contribution in [0.5, 0.6) is 0 Å². The van der Waals surface area contributed by atoms with Crippen molar-refractivity contribution in [2.24, 2.45) is 0 Å². The number of halogens is 1. The molecule has 1 heterocycles. The summed E-state index contributed by atoms with van der Waals surface area (Å²) in [5.41, 5.74) is 0.537. The van der Waals surface area contributed by atoms with Gasteiger partial charge in [-0.05, 0) is 37.5 Å². The van der Waals surface area contributed by atoms with Crippen LogP contribution in [0.15, 0.2) is 21.5 Å². The number of aromatic carboxylic acids is 1. The fourth-order valence-corrected chi connectivity index (χ4v) is 4.64. The summed E-state index contributed by atoms with van der Waals surface area (Å²) in [6.45, 7) is 2.64. The molecule has 5 nitrogen and oxygen atoms in total. The third-order valence-corrected chi connectivity index (χ3v) is 6.45. The summed E-state index contributed by atoms with van der Waals surface area (Å²) < 4.78 is 27.3. The molecule has 0 aliphatic carbocycles. The van der Waals surface area contributed by atoms with Crippen LogP contribution in [-0.4, -0.2) is 36.9 Å². The Morgan fingerprint density at radius 3 is 2.29 bits per heavy atom. The minimum absolute atomic E-state index is 0.0118. The Hall–Kier alpha value is -0.920. The van der Waals surface area contributed by atoms with Crippen LogP contribution in [0, 0.1) is 6.92 Å². The maximum Gasteiger partial charge on any atom is 0.336 e. The highest BCUT2D eigenvalue weighted by Gasteiger charge is 2.27. The van der Waals surface area contributed by atoms with Crippen LogP contribution in [0.3, 0.4) is 0 Å². The highest BCUT2D eigenvalue weighted by atomic mass is 79.9. The molecule has 1 aromatic rings. The Morgan fingerprint density at radius 2 is 1.76 bits per heavy atom. The van der Waals surface area contributed by atoms with Gasteiger partial charge >= 0.3 is 5.97 Å². The quantitative estimate of drug-likeness (QED) is 0.880. The van der Waals surface area contributed by atoms with Crippen molar-refractivity contribution >= 4 is 31.9 Å². The second kappa shape index (κ2) is 6.46. The SMILES string of the molecule is Cc1c(Br)cc(S(=O)(=O)N2CCCCCC2)cc1C(=O)O. The van der Waals surface area contributed by atoms with E-state index in [0.29, 0.717) is 23.1 Å². The zero-order valence-corrected chi connectivity index (χ0v) is 14.2. The maximum atomic E-state index is 12.7. The number of nitrogens with zero attached hydrogens (tertiary/aromatic N) is 1. The van der Waals surface area contributed by atoms with Gasteiger partial charge in [0.1, 0.15) is 0 Å². The van der Waals surface area contributed by atoms with Gasteiger partial charge in [0.15, 0.2) is 0 Å². The van der Waals surface area contributed by atoms with Gasteiger partial charge in [-0.25, -0.2) is 13.2 Å². The van der Waals surface area contributed by atoms with Crippen LogP contribution in [-0.2, 0) is 10.0 Å². The van der Waals surface area contributed by atoms with Gasteiger partial charge in [-0.3, -0.25) is 0 Å². The van der Waals surface area contributed by atoms with E-state index in [1.54, 1.807) is 6.92 Å². The van der Waals surface area contributed by atoms with Crippen molar-refractivity contribution in [1.29, 1.82) is 0 Å². The Balaban J connectivity index is 2.46. The average Bonchev–Trinajstić information content (AvgIpc) is 2.70. The summed E-state index contributed by atoms with van der Waals surface area (Å²) in [5, 5.41) is 9.21. The van der Waals surface area contributed by atoms with Crippen LogP contribution in [0.1, 0.15) is 41.6 Å². The lowest BCUT2D eigenvalue weighted by Crippen LogP contribution is -2.32. The van der Waals surface area contributed by atoms with E-state index in [0.717, 1.165) is 25.7 Å². The normalized spacial score (nSPS) is 17.4. The molecule has 1 aliphatic rings. The first-order valence-electron chi connectivity index (χ1n) is 6.87. The molecule has 0 amide bonds. The van der Waals surface area contributed by atoms with Crippen molar-refractivity contribution in [1.82, 2.24) is 4.31 Å². The molecule has 116 valence electrons. The van der Waals surface area contributed by atoms with Crippen molar-refractivity contribution in [3.05, 3.63) is 27.7 Å². The van der Waals surface area contributed by atoms with Gasteiger partial charge in [-0.1, -0.05) is 28.8 Å². The lowest BCUT2D eigenvalue weighted by Gasteiger charge is -2.20. The minimum Gasteiger partial charge on any atom is -0.478 e. The number of benzene rings is 1. The van der Waals surface area contributed by atoms with Gasteiger partial charge in [0, 0.05) is 17.6 Å². The van der Waals surface area contributed by atoms with Crippen molar-refractivity contribution < 1.29 is 18.3 Å². The van der Waals surface area contributed by atoms with Crippen molar-refractivity contribution in [3.8, 4) is 0 Å². The van der Waals surface area contributed by atoms with Gasteiger partial charge in [0.25, 0.3) is 0 Å². The third kappa shape index (κ3) is 3.46. The molecule has 7 heteroatoms. The highest BCUT2D eigenvalue weighted by Crippen LogP contribution is 2.28. The Morgan fingerprint density at radius 1 is 1.19 bits per heavy atom. The molecule has 0 aromatic heterocycles. The second-order valence-corrected chi connectivity index (χ2v) is 7.99. The number of carboxylic acid groups (broad SMARTS) is 1. The fourth-order valence-electron chi connectivity index (χ4n) is 2.46. The standard InChI is InChI=1S/C14H18BrNO4S/c1-10-12(14(17)18)8-11(9-13(10)15)21(19,20)16-6-4-2-3-5-7-16/h8-9H,2-7H2,1H3,(H,17,18). The summed E-state index contributed by atoms with van der Waals surface area (Å²) in [6, 6.07) is 2.74. The number of hydrogen-bond acceptors (Lipinski definition) is 3. The molecule has 0 saturated carbocycles. The summed E-state index contributed by atoms with van der Waals surface area (Å²) in [4.78, 5) is 11.3. The topological polar surface area (TPSA) is 74.7 Å². The molecule has 1 N–H and O–H groups in total. The zero-order chi connectivity index (χ0) is 15.6. The first kappa shape index (κ1) is 16.5. The van der Waals surface area contributed by atoms with Gasteiger partial charge in [-0.15, -0.1) is 0 Å².